The van der Waals surface area contributed by atoms with Crippen LogP contribution in [0, 0.1) is 5.92 Å². The number of ether oxygens (including phenoxy) is 2. The molecule has 1 atom stereocenters. The van der Waals surface area contributed by atoms with Gasteiger partial charge in [0.05, 0.1) is 12.7 Å². The van der Waals surface area contributed by atoms with E-state index in [2.05, 4.69) is 0 Å². The van der Waals surface area contributed by atoms with Crippen molar-refractivity contribution in [2.75, 3.05) is 13.7 Å². The third-order valence-electron chi connectivity index (χ3n) is 3.50. The van der Waals surface area contributed by atoms with Gasteiger partial charge in [-0.2, -0.15) is 0 Å². The van der Waals surface area contributed by atoms with E-state index in [1.807, 2.05) is 38.1 Å². The molecule has 1 aromatic carbocycles. The summed E-state index contributed by atoms with van der Waals surface area (Å²) in [4.78, 5) is 0. The second-order valence-corrected chi connectivity index (χ2v) is 5.35. The highest BCUT2D eigenvalue weighted by Gasteiger charge is 2.33. The van der Waals surface area contributed by atoms with E-state index in [1.54, 1.807) is 7.11 Å². The van der Waals surface area contributed by atoms with Crippen molar-refractivity contribution in [3.8, 4) is 5.75 Å². The zero-order valence-electron chi connectivity index (χ0n) is 11.3. The van der Waals surface area contributed by atoms with Crippen molar-refractivity contribution >= 4 is 0 Å². The summed E-state index contributed by atoms with van der Waals surface area (Å²) in [6, 6.07) is 7.71. The molecule has 1 aliphatic carbocycles. The molecule has 1 saturated carbocycles. The van der Waals surface area contributed by atoms with Crippen LogP contribution >= 0.6 is 0 Å². The lowest BCUT2D eigenvalue weighted by Crippen LogP contribution is -2.36. The fourth-order valence-electron chi connectivity index (χ4n) is 2.00. The molecule has 0 heterocycles. The normalized spacial score (nSPS) is 18.7. The molecule has 0 aliphatic heterocycles. The molecule has 0 amide bonds. The Kier molecular flexibility index (Phi) is 3.93. The Balaban J connectivity index is 2.14. The molecule has 0 aromatic heterocycles. The highest BCUT2D eigenvalue weighted by Crippen LogP contribution is 2.32. The molecule has 3 heteroatoms. The van der Waals surface area contributed by atoms with Gasteiger partial charge in [0, 0.05) is 7.11 Å². The zero-order chi connectivity index (χ0) is 13.2. The fraction of sp³-hybridized carbons (Fsp3) is 0.600. The van der Waals surface area contributed by atoms with Crippen LogP contribution < -0.4 is 4.74 Å². The summed E-state index contributed by atoms with van der Waals surface area (Å²) in [5.74, 6) is 0.970. The van der Waals surface area contributed by atoms with E-state index >= 15 is 0 Å². The second kappa shape index (κ2) is 5.29. The zero-order valence-corrected chi connectivity index (χ0v) is 11.3. The Hall–Kier alpha value is -1.06. The van der Waals surface area contributed by atoms with Crippen LogP contribution in [0.4, 0.5) is 0 Å². The molecule has 0 saturated heterocycles. The van der Waals surface area contributed by atoms with E-state index < -0.39 is 5.60 Å². The van der Waals surface area contributed by atoms with Crippen LogP contribution in [0.25, 0.3) is 0 Å². The van der Waals surface area contributed by atoms with Crippen molar-refractivity contribution in [1.82, 2.24) is 0 Å². The third-order valence-corrected chi connectivity index (χ3v) is 3.50. The molecule has 2 rings (SSSR count). The Bertz CT molecular complexity index is 381. The van der Waals surface area contributed by atoms with Crippen LogP contribution in [-0.4, -0.2) is 24.9 Å². The van der Waals surface area contributed by atoms with Gasteiger partial charge in [-0.15, -0.1) is 0 Å². The molecule has 1 aliphatic rings. The smallest absolute Gasteiger partial charge is 0.119 e. The topological polar surface area (TPSA) is 38.7 Å². The molecule has 1 aromatic rings. The number of aliphatic hydroxyl groups is 1. The van der Waals surface area contributed by atoms with Gasteiger partial charge in [0.15, 0.2) is 0 Å². The van der Waals surface area contributed by atoms with E-state index in [1.165, 1.54) is 0 Å². The van der Waals surface area contributed by atoms with Crippen LogP contribution in [0.5, 0.6) is 5.75 Å². The fourth-order valence-corrected chi connectivity index (χ4v) is 2.00. The summed E-state index contributed by atoms with van der Waals surface area (Å²) in [5, 5.41) is 10.7. The molecule has 100 valence electrons. The molecule has 1 unspecified atom stereocenters. The molecule has 1 fully saturated rings. The highest BCUT2D eigenvalue weighted by molar-refractivity contribution is 5.31. The first-order valence-electron chi connectivity index (χ1n) is 6.55. The minimum Gasteiger partial charge on any atom is -0.490 e. The average molecular weight is 250 g/mol. The lowest BCUT2D eigenvalue weighted by atomic mass is 9.84. The Morgan fingerprint density at radius 3 is 2.33 bits per heavy atom. The van der Waals surface area contributed by atoms with Gasteiger partial charge >= 0.3 is 0 Å². The minimum atomic E-state index is -0.938. The molecule has 18 heavy (non-hydrogen) atoms. The summed E-state index contributed by atoms with van der Waals surface area (Å²) in [6.45, 7) is 4.29. The first-order valence-corrected chi connectivity index (χ1v) is 6.55. The van der Waals surface area contributed by atoms with E-state index in [0.29, 0.717) is 12.7 Å². The van der Waals surface area contributed by atoms with Gasteiger partial charge < -0.3 is 14.6 Å². The van der Waals surface area contributed by atoms with Gasteiger partial charge in [-0.3, -0.25) is 0 Å². The van der Waals surface area contributed by atoms with Crippen LogP contribution in [0.2, 0.25) is 0 Å². The van der Waals surface area contributed by atoms with Gasteiger partial charge in [0.25, 0.3) is 0 Å². The van der Waals surface area contributed by atoms with Crippen LogP contribution in [0.3, 0.4) is 0 Å². The van der Waals surface area contributed by atoms with Gasteiger partial charge in [0.2, 0.25) is 0 Å². The van der Waals surface area contributed by atoms with E-state index in [9.17, 15) is 5.11 Å². The predicted molar refractivity (Wildman–Crippen MR) is 70.7 cm³/mol. The maximum atomic E-state index is 10.7. The first kappa shape index (κ1) is 13.4. The minimum absolute atomic E-state index is 0.0904. The van der Waals surface area contributed by atoms with Gasteiger partial charge in [-0.05, 0) is 36.5 Å². The lowest BCUT2D eigenvalue weighted by Gasteiger charge is -2.32. The summed E-state index contributed by atoms with van der Waals surface area (Å²) < 4.78 is 10.8. The van der Waals surface area contributed by atoms with Gasteiger partial charge in [0.1, 0.15) is 11.4 Å². The number of benzene rings is 1. The van der Waals surface area contributed by atoms with E-state index in [4.69, 9.17) is 9.47 Å². The van der Waals surface area contributed by atoms with E-state index in [-0.39, 0.29) is 5.92 Å². The Morgan fingerprint density at radius 1 is 1.28 bits per heavy atom. The number of rotatable bonds is 6. The van der Waals surface area contributed by atoms with Crippen molar-refractivity contribution in [2.24, 2.45) is 5.92 Å². The van der Waals surface area contributed by atoms with Crippen molar-refractivity contribution in [1.29, 1.82) is 0 Å². The monoisotopic (exact) mass is 250 g/mol. The predicted octanol–water partition coefficient (Wildman–Crippen LogP) is 2.72. The molecule has 0 radical (unpaired) electrons. The maximum Gasteiger partial charge on any atom is 0.119 e. The summed E-state index contributed by atoms with van der Waals surface area (Å²) in [5.41, 5.74) is -0.0603. The first-order chi connectivity index (χ1) is 8.56. The highest BCUT2D eigenvalue weighted by atomic mass is 16.5. The molecule has 0 bridgehead atoms. The van der Waals surface area contributed by atoms with E-state index in [0.717, 1.165) is 24.2 Å². The summed E-state index contributed by atoms with van der Waals surface area (Å²) in [6.07, 6.45) is 2.71. The maximum absolute atomic E-state index is 10.7. The number of methoxy groups -OCH3 is 1. The van der Waals surface area contributed by atoms with Gasteiger partial charge in [-0.1, -0.05) is 26.0 Å². The SMILES string of the molecule is COCC(O)(c1ccc(OC2CC2)cc1)C(C)C. The molecular formula is C15H22O3. The van der Waals surface area contributed by atoms with Crippen molar-refractivity contribution < 1.29 is 14.6 Å². The van der Waals surface area contributed by atoms with Crippen molar-refractivity contribution in [3.63, 3.8) is 0 Å². The molecule has 0 spiro atoms. The van der Waals surface area contributed by atoms with Crippen LogP contribution in [0.1, 0.15) is 32.3 Å². The average Bonchev–Trinajstić information content (AvgIpc) is 3.14. The Morgan fingerprint density at radius 2 is 1.89 bits per heavy atom. The molecule has 1 N–H and O–H groups in total. The summed E-state index contributed by atoms with van der Waals surface area (Å²) >= 11 is 0. The van der Waals surface area contributed by atoms with Gasteiger partial charge in [-0.25, -0.2) is 0 Å². The largest absolute Gasteiger partial charge is 0.490 e. The van der Waals surface area contributed by atoms with Crippen LogP contribution in [0.15, 0.2) is 24.3 Å². The lowest BCUT2D eigenvalue weighted by molar-refractivity contribution is -0.0700. The number of hydrogen-bond donors (Lipinski definition) is 1. The summed E-state index contributed by atoms with van der Waals surface area (Å²) in [7, 11) is 1.61. The molecule has 3 nitrogen and oxygen atoms in total. The quantitative estimate of drug-likeness (QED) is 0.843. The number of hydrogen-bond acceptors (Lipinski definition) is 3. The van der Waals surface area contributed by atoms with Crippen molar-refractivity contribution in [3.05, 3.63) is 29.8 Å². The standard InChI is InChI=1S/C15H22O3/c1-11(2)15(16,10-17-3)12-4-6-13(7-5-12)18-14-8-9-14/h4-7,11,14,16H,8-10H2,1-3H3. The Labute approximate surface area is 109 Å². The van der Waals surface area contributed by atoms with Crippen LogP contribution in [-0.2, 0) is 10.3 Å². The molecular weight excluding hydrogens is 228 g/mol. The second-order valence-electron chi connectivity index (χ2n) is 5.35. The van der Waals surface area contributed by atoms with Crippen molar-refractivity contribution in [2.45, 2.75) is 38.4 Å². The third kappa shape index (κ3) is 2.85.